The fourth-order valence-corrected chi connectivity index (χ4v) is 3.78. The van der Waals surface area contributed by atoms with Crippen LogP contribution in [0.3, 0.4) is 0 Å². The molecule has 4 nitrogen and oxygen atoms in total. The molecule has 144 valence electrons. The summed E-state index contributed by atoms with van der Waals surface area (Å²) >= 11 is 0. The Bertz CT molecular complexity index is 1240. The largest absolute Gasteiger partial charge is 0.456 e. The number of non-ortho nitro benzene ring substituents is 1. The highest BCUT2D eigenvalue weighted by atomic mass is 16.6. The van der Waals surface area contributed by atoms with Gasteiger partial charge >= 0.3 is 0 Å². The Morgan fingerprint density at radius 3 is 1.80 bits per heavy atom. The van der Waals surface area contributed by atoms with Gasteiger partial charge in [0, 0.05) is 23.3 Å². The summed E-state index contributed by atoms with van der Waals surface area (Å²) in [5, 5.41) is 11.0. The van der Waals surface area contributed by atoms with Gasteiger partial charge in [-0.3, -0.25) is 10.1 Å². The number of para-hydroxylation sites is 2. The summed E-state index contributed by atoms with van der Waals surface area (Å²) in [6, 6.07) is 30.8. The first-order valence-corrected chi connectivity index (χ1v) is 9.63. The summed E-state index contributed by atoms with van der Waals surface area (Å²) in [6.07, 6.45) is 2.16. The molecule has 0 aliphatic carbocycles. The number of benzene rings is 4. The lowest BCUT2D eigenvalue weighted by atomic mass is 9.90. The molecule has 0 aromatic heterocycles. The molecule has 0 saturated carbocycles. The molecular weight excluding hydrogens is 374 g/mol. The number of nitrogens with zero attached hydrogens (tertiary/aromatic N) is 1. The Kier molecular flexibility index (Phi) is 4.37. The van der Waals surface area contributed by atoms with E-state index in [-0.39, 0.29) is 10.6 Å². The Morgan fingerprint density at radius 1 is 0.667 bits per heavy atom. The van der Waals surface area contributed by atoms with Crippen molar-refractivity contribution >= 4 is 17.3 Å². The highest BCUT2D eigenvalue weighted by Crippen LogP contribution is 2.44. The maximum absolute atomic E-state index is 11.0. The van der Waals surface area contributed by atoms with E-state index in [2.05, 4.69) is 24.3 Å². The molecule has 30 heavy (non-hydrogen) atoms. The van der Waals surface area contributed by atoms with Crippen molar-refractivity contribution in [1.29, 1.82) is 0 Å². The summed E-state index contributed by atoms with van der Waals surface area (Å²) < 4.78 is 6.09. The Labute approximate surface area is 173 Å². The topological polar surface area (TPSA) is 52.4 Å². The fourth-order valence-electron chi connectivity index (χ4n) is 3.78. The van der Waals surface area contributed by atoms with Crippen LogP contribution >= 0.6 is 0 Å². The third-order valence-corrected chi connectivity index (χ3v) is 5.22. The van der Waals surface area contributed by atoms with Gasteiger partial charge in [-0.1, -0.05) is 60.7 Å². The van der Waals surface area contributed by atoms with E-state index in [0.29, 0.717) is 0 Å². The number of nitro benzene ring substituents is 1. The van der Waals surface area contributed by atoms with Crippen LogP contribution < -0.4 is 4.74 Å². The molecule has 0 bridgehead atoms. The van der Waals surface area contributed by atoms with Crippen LogP contribution in [-0.4, -0.2) is 4.92 Å². The highest BCUT2D eigenvalue weighted by molar-refractivity contribution is 5.98. The van der Waals surface area contributed by atoms with E-state index in [1.807, 2.05) is 54.6 Å². The zero-order chi connectivity index (χ0) is 20.5. The van der Waals surface area contributed by atoms with Crippen molar-refractivity contribution in [1.82, 2.24) is 0 Å². The van der Waals surface area contributed by atoms with Crippen LogP contribution in [0.15, 0.2) is 97.1 Å². The Morgan fingerprint density at radius 2 is 1.20 bits per heavy atom. The van der Waals surface area contributed by atoms with Crippen molar-refractivity contribution < 1.29 is 9.66 Å². The molecule has 5 rings (SSSR count). The van der Waals surface area contributed by atoms with Gasteiger partial charge in [-0.2, -0.15) is 0 Å². The number of hydrogen-bond donors (Lipinski definition) is 0. The summed E-state index contributed by atoms with van der Waals surface area (Å²) in [6.45, 7) is 0. The zero-order valence-electron chi connectivity index (χ0n) is 16.0. The lowest BCUT2D eigenvalue weighted by molar-refractivity contribution is -0.384. The number of fused-ring (bicyclic) bond motifs is 2. The summed E-state index contributed by atoms with van der Waals surface area (Å²) in [5.41, 5.74) is 6.23. The van der Waals surface area contributed by atoms with Crippen molar-refractivity contribution in [3.8, 4) is 22.6 Å². The van der Waals surface area contributed by atoms with Crippen LogP contribution in [-0.2, 0) is 0 Å². The van der Waals surface area contributed by atoms with E-state index in [4.69, 9.17) is 4.74 Å². The van der Waals surface area contributed by atoms with Gasteiger partial charge in [-0.15, -0.1) is 0 Å². The molecule has 4 aromatic carbocycles. The average molecular weight is 391 g/mol. The molecule has 0 unspecified atom stereocenters. The van der Waals surface area contributed by atoms with Gasteiger partial charge in [-0.05, 0) is 52.6 Å². The Hall–Kier alpha value is -4.18. The van der Waals surface area contributed by atoms with E-state index >= 15 is 0 Å². The lowest BCUT2D eigenvalue weighted by Crippen LogP contribution is -2.02. The molecule has 0 spiro atoms. The third kappa shape index (κ3) is 3.14. The number of hydrogen-bond acceptors (Lipinski definition) is 3. The van der Waals surface area contributed by atoms with Gasteiger partial charge in [0.15, 0.2) is 0 Å². The number of ether oxygens (including phenoxy) is 1. The minimum absolute atomic E-state index is 0.0851. The molecule has 0 N–H and O–H groups in total. The van der Waals surface area contributed by atoms with Gasteiger partial charge in [0.25, 0.3) is 5.69 Å². The van der Waals surface area contributed by atoms with Crippen LogP contribution in [0, 0.1) is 10.1 Å². The van der Waals surface area contributed by atoms with Crippen molar-refractivity contribution in [2.45, 2.75) is 0 Å². The highest BCUT2D eigenvalue weighted by Gasteiger charge is 2.21. The maximum atomic E-state index is 11.0. The molecule has 0 amide bonds. The van der Waals surface area contributed by atoms with Crippen LogP contribution in [0.2, 0.25) is 0 Å². The van der Waals surface area contributed by atoms with Crippen LogP contribution in [0.5, 0.6) is 11.5 Å². The van der Waals surface area contributed by atoms with E-state index in [1.165, 1.54) is 12.1 Å². The predicted molar refractivity (Wildman–Crippen MR) is 118 cm³/mol. The second kappa shape index (κ2) is 7.33. The molecule has 1 aliphatic heterocycles. The predicted octanol–water partition coefficient (Wildman–Crippen LogP) is 6.96. The number of nitro groups is 1. The molecule has 4 heteroatoms. The molecule has 0 atom stereocenters. The van der Waals surface area contributed by atoms with Gasteiger partial charge < -0.3 is 4.74 Å². The Balaban J connectivity index is 1.68. The molecule has 4 aromatic rings. The van der Waals surface area contributed by atoms with Crippen LogP contribution in [0.4, 0.5) is 5.69 Å². The SMILES string of the molecule is O=[N+]([O-])c1ccc(-c2ccccc2C=C2c3ccccc3Oc3ccccc32)cc1. The minimum atomic E-state index is -0.381. The van der Waals surface area contributed by atoms with Gasteiger partial charge in [0.1, 0.15) is 11.5 Å². The van der Waals surface area contributed by atoms with Crippen molar-refractivity contribution in [2.75, 3.05) is 0 Å². The van der Waals surface area contributed by atoms with Gasteiger partial charge in [0.2, 0.25) is 0 Å². The quantitative estimate of drug-likeness (QED) is 0.247. The maximum Gasteiger partial charge on any atom is 0.269 e. The lowest BCUT2D eigenvalue weighted by Gasteiger charge is -2.23. The van der Waals surface area contributed by atoms with Gasteiger partial charge in [0.05, 0.1) is 4.92 Å². The summed E-state index contributed by atoms with van der Waals surface area (Å²) in [5.74, 6) is 1.66. The van der Waals surface area contributed by atoms with Crippen LogP contribution in [0.25, 0.3) is 22.8 Å². The first-order valence-electron chi connectivity index (χ1n) is 9.63. The molecule has 1 heterocycles. The van der Waals surface area contributed by atoms with Crippen LogP contribution in [0.1, 0.15) is 16.7 Å². The minimum Gasteiger partial charge on any atom is -0.456 e. The monoisotopic (exact) mass is 391 g/mol. The molecule has 1 aliphatic rings. The van der Waals surface area contributed by atoms with Gasteiger partial charge in [-0.25, -0.2) is 0 Å². The van der Waals surface area contributed by atoms with E-state index in [1.54, 1.807) is 12.1 Å². The van der Waals surface area contributed by atoms with E-state index < -0.39 is 0 Å². The fraction of sp³-hybridized carbons (Fsp3) is 0. The molecular formula is C26H17NO3. The number of rotatable bonds is 3. The average Bonchev–Trinajstić information content (AvgIpc) is 2.79. The smallest absolute Gasteiger partial charge is 0.269 e. The molecule has 0 fully saturated rings. The normalized spacial score (nSPS) is 11.8. The first-order chi connectivity index (χ1) is 14.7. The van der Waals surface area contributed by atoms with Crippen molar-refractivity contribution in [3.05, 3.63) is 124 Å². The van der Waals surface area contributed by atoms with Crippen molar-refractivity contribution in [2.24, 2.45) is 0 Å². The van der Waals surface area contributed by atoms with E-state index in [9.17, 15) is 10.1 Å². The standard InChI is InChI=1S/C26H17NO3/c28-27(29)20-15-13-18(14-16-20)21-8-2-1-7-19(21)17-24-22-9-3-5-11-25(22)30-26-12-6-4-10-23(24)26/h1-17H. The van der Waals surface area contributed by atoms with E-state index in [0.717, 1.165) is 44.9 Å². The third-order valence-electron chi connectivity index (χ3n) is 5.22. The first kappa shape index (κ1) is 17.9. The molecule has 0 radical (unpaired) electrons. The summed E-state index contributed by atoms with van der Waals surface area (Å²) in [7, 11) is 0. The zero-order valence-corrected chi connectivity index (χ0v) is 16.0. The second-order valence-corrected chi connectivity index (χ2v) is 7.04. The molecule has 0 saturated heterocycles. The summed E-state index contributed by atoms with van der Waals surface area (Å²) in [4.78, 5) is 10.6. The van der Waals surface area contributed by atoms with Crippen molar-refractivity contribution in [3.63, 3.8) is 0 Å². The second-order valence-electron chi connectivity index (χ2n) is 7.04.